The summed E-state index contributed by atoms with van der Waals surface area (Å²) in [5, 5.41) is 3.44. The number of alkyl carbamates (subject to hydrolysis) is 1. The van der Waals surface area contributed by atoms with Crippen LogP contribution in [0.3, 0.4) is 0 Å². The minimum absolute atomic E-state index is 0.0720. The highest BCUT2D eigenvalue weighted by Crippen LogP contribution is 2.31. The first kappa shape index (κ1) is 25.5. The highest BCUT2D eigenvalue weighted by atomic mass is 19.4. The maximum atomic E-state index is 13.6. The SMILES string of the molecule is CC(NC(=O)OCc1ccccc1)(C(=O)N[C@@H](CCCN=C(N)N)C(N)=O)C(F)(F)F. The fourth-order valence-electron chi connectivity index (χ4n) is 2.31. The molecule has 0 spiro atoms. The van der Waals surface area contributed by atoms with Crippen molar-refractivity contribution in [3.63, 3.8) is 0 Å². The first-order valence-corrected chi connectivity index (χ1v) is 9.08. The fraction of sp³-hybridized carbons (Fsp3) is 0.444. The van der Waals surface area contributed by atoms with Gasteiger partial charge in [-0.15, -0.1) is 0 Å². The zero-order valence-corrected chi connectivity index (χ0v) is 16.7. The average molecular weight is 446 g/mol. The summed E-state index contributed by atoms with van der Waals surface area (Å²) >= 11 is 0. The summed E-state index contributed by atoms with van der Waals surface area (Å²) in [6, 6.07) is 6.78. The second-order valence-corrected chi connectivity index (χ2v) is 6.69. The lowest BCUT2D eigenvalue weighted by atomic mass is 9.99. The molecule has 0 saturated heterocycles. The van der Waals surface area contributed by atoms with Crippen molar-refractivity contribution in [2.75, 3.05) is 6.54 Å². The molecule has 0 heterocycles. The third-order valence-corrected chi connectivity index (χ3v) is 4.18. The van der Waals surface area contributed by atoms with Gasteiger partial charge in [0.1, 0.15) is 12.6 Å². The number of aliphatic imine (C=N–C) groups is 1. The molecule has 0 aliphatic rings. The summed E-state index contributed by atoms with van der Waals surface area (Å²) in [5.74, 6) is -2.95. The van der Waals surface area contributed by atoms with E-state index in [9.17, 15) is 27.6 Å². The van der Waals surface area contributed by atoms with Gasteiger partial charge in [0.25, 0.3) is 5.91 Å². The van der Waals surface area contributed by atoms with Crippen LogP contribution in [0.5, 0.6) is 0 Å². The molecule has 10 nitrogen and oxygen atoms in total. The van der Waals surface area contributed by atoms with Crippen LogP contribution in [0.2, 0.25) is 0 Å². The Hall–Kier alpha value is -3.51. The molecule has 0 aromatic heterocycles. The molecule has 1 aromatic carbocycles. The quantitative estimate of drug-likeness (QED) is 0.196. The number of hydrogen-bond acceptors (Lipinski definition) is 5. The highest BCUT2D eigenvalue weighted by Gasteiger charge is 2.58. The Morgan fingerprint density at radius 2 is 1.74 bits per heavy atom. The normalized spacial score (nSPS) is 13.9. The van der Waals surface area contributed by atoms with E-state index in [0.29, 0.717) is 12.5 Å². The molecule has 1 rings (SSSR count). The van der Waals surface area contributed by atoms with E-state index in [1.165, 1.54) is 5.32 Å². The van der Waals surface area contributed by atoms with Crippen LogP contribution in [-0.4, -0.2) is 48.2 Å². The van der Waals surface area contributed by atoms with Crippen LogP contribution < -0.4 is 27.8 Å². The molecule has 0 aliphatic carbocycles. The van der Waals surface area contributed by atoms with Crippen molar-refractivity contribution < 1.29 is 32.3 Å². The Morgan fingerprint density at radius 3 is 2.26 bits per heavy atom. The molecule has 0 radical (unpaired) electrons. The smallest absolute Gasteiger partial charge is 0.420 e. The van der Waals surface area contributed by atoms with Gasteiger partial charge in [-0.05, 0) is 25.3 Å². The molecule has 3 amide bonds. The summed E-state index contributed by atoms with van der Waals surface area (Å²) in [6.45, 7) is 0.211. The zero-order valence-electron chi connectivity index (χ0n) is 16.7. The molecule has 0 saturated carbocycles. The molecule has 0 bridgehead atoms. The Bertz CT molecular complexity index is 799. The van der Waals surface area contributed by atoms with Crippen molar-refractivity contribution in [1.82, 2.24) is 10.6 Å². The van der Waals surface area contributed by atoms with E-state index in [1.807, 2.05) is 5.32 Å². The van der Waals surface area contributed by atoms with Crippen molar-refractivity contribution in [2.24, 2.45) is 22.2 Å². The monoisotopic (exact) mass is 446 g/mol. The number of ether oxygens (including phenoxy) is 1. The largest absolute Gasteiger partial charge is 0.445 e. The Labute approximate surface area is 176 Å². The first-order chi connectivity index (χ1) is 14.4. The number of alkyl halides is 3. The number of nitrogens with zero attached hydrogens (tertiary/aromatic N) is 1. The zero-order chi connectivity index (χ0) is 23.7. The molecule has 0 fully saturated rings. The minimum atomic E-state index is -5.21. The molecule has 2 atom stereocenters. The molecule has 8 N–H and O–H groups in total. The van der Waals surface area contributed by atoms with Gasteiger partial charge in [0.05, 0.1) is 0 Å². The lowest BCUT2D eigenvalue weighted by molar-refractivity contribution is -0.194. The number of halogens is 3. The summed E-state index contributed by atoms with van der Waals surface area (Å²) in [5.41, 5.74) is 12.6. The molecule has 1 aromatic rings. The minimum Gasteiger partial charge on any atom is -0.445 e. The van der Waals surface area contributed by atoms with Crippen molar-refractivity contribution in [1.29, 1.82) is 0 Å². The highest BCUT2D eigenvalue weighted by molar-refractivity contribution is 5.94. The van der Waals surface area contributed by atoms with Gasteiger partial charge >= 0.3 is 12.3 Å². The fourth-order valence-corrected chi connectivity index (χ4v) is 2.31. The van der Waals surface area contributed by atoms with Gasteiger partial charge in [0, 0.05) is 6.54 Å². The van der Waals surface area contributed by atoms with Gasteiger partial charge in [0.2, 0.25) is 11.4 Å². The average Bonchev–Trinajstić information content (AvgIpc) is 2.68. The van der Waals surface area contributed by atoms with Gasteiger partial charge in [-0.2, -0.15) is 13.2 Å². The number of primary amides is 1. The first-order valence-electron chi connectivity index (χ1n) is 9.08. The summed E-state index contributed by atoms with van der Waals surface area (Å²) in [4.78, 5) is 39.5. The van der Waals surface area contributed by atoms with Gasteiger partial charge in [0.15, 0.2) is 5.96 Å². The summed E-state index contributed by atoms with van der Waals surface area (Å²) in [7, 11) is 0. The standard InChI is InChI=1S/C18H25F3N6O4/c1-17(18(19,20)21,27-16(30)31-10-11-6-3-2-4-7-11)14(29)26-12(13(22)28)8-5-9-25-15(23)24/h2-4,6-7,12H,5,8-10H2,1H3,(H2,22,28)(H,26,29)(H,27,30)(H4,23,24,25)/t12-,17?/m0/s1. The number of nitrogens with one attached hydrogen (secondary N) is 2. The maximum Gasteiger partial charge on any atom is 0.420 e. The molecule has 31 heavy (non-hydrogen) atoms. The molecule has 1 unspecified atom stereocenters. The lowest BCUT2D eigenvalue weighted by Gasteiger charge is -2.32. The topological polar surface area (TPSA) is 175 Å². The number of rotatable bonds is 10. The van der Waals surface area contributed by atoms with Crippen LogP contribution in [0, 0.1) is 0 Å². The van der Waals surface area contributed by atoms with Gasteiger partial charge in [-0.25, -0.2) is 4.79 Å². The van der Waals surface area contributed by atoms with Crippen LogP contribution in [0.1, 0.15) is 25.3 Å². The van der Waals surface area contributed by atoms with Gasteiger partial charge < -0.3 is 27.3 Å². The van der Waals surface area contributed by atoms with E-state index >= 15 is 0 Å². The van der Waals surface area contributed by atoms with Crippen LogP contribution in [0.25, 0.3) is 0 Å². The third-order valence-electron chi connectivity index (χ3n) is 4.18. The van der Waals surface area contributed by atoms with E-state index in [-0.39, 0.29) is 32.0 Å². The van der Waals surface area contributed by atoms with Crippen molar-refractivity contribution in [2.45, 2.75) is 44.1 Å². The van der Waals surface area contributed by atoms with Crippen molar-refractivity contribution in [3.05, 3.63) is 35.9 Å². The van der Waals surface area contributed by atoms with E-state index in [2.05, 4.69) is 4.99 Å². The molecular weight excluding hydrogens is 421 g/mol. The van der Waals surface area contributed by atoms with Crippen molar-refractivity contribution in [3.8, 4) is 0 Å². The number of carbonyl (C=O) groups excluding carboxylic acids is 3. The number of amides is 3. The number of carbonyl (C=O) groups is 3. The van der Waals surface area contributed by atoms with E-state index in [0.717, 1.165) is 0 Å². The molecule has 172 valence electrons. The predicted octanol–water partition coefficient (Wildman–Crippen LogP) is 0.258. The third kappa shape index (κ3) is 8.03. The summed E-state index contributed by atoms with van der Waals surface area (Å²) < 4.78 is 45.7. The Kier molecular flexibility index (Phi) is 9.09. The number of nitrogens with two attached hydrogens (primary N) is 3. The Morgan fingerprint density at radius 1 is 1.13 bits per heavy atom. The Balaban J connectivity index is 2.84. The lowest BCUT2D eigenvalue weighted by Crippen LogP contribution is -2.67. The van der Waals surface area contributed by atoms with Crippen molar-refractivity contribution >= 4 is 23.9 Å². The van der Waals surface area contributed by atoms with Crippen LogP contribution >= 0.6 is 0 Å². The van der Waals surface area contributed by atoms with E-state index in [4.69, 9.17) is 21.9 Å². The second kappa shape index (κ2) is 11.0. The summed E-state index contributed by atoms with van der Waals surface area (Å²) in [6.07, 6.45) is -6.64. The number of benzene rings is 1. The molecular formula is C18H25F3N6O4. The second-order valence-electron chi connectivity index (χ2n) is 6.69. The maximum absolute atomic E-state index is 13.6. The van der Waals surface area contributed by atoms with Crippen LogP contribution in [0.4, 0.5) is 18.0 Å². The van der Waals surface area contributed by atoms with E-state index in [1.54, 1.807) is 30.3 Å². The van der Waals surface area contributed by atoms with Crippen LogP contribution in [-0.2, 0) is 20.9 Å². The molecule has 0 aliphatic heterocycles. The van der Waals surface area contributed by atoms with Gasteiger partial charge in [-0.3, -0.25) is 19.9 Å². The molecule has 13 heteroatoms. The van der Waals surface area contributed by atoms with Gasteiger partial charge in [-0.1, -0.05) is 30.3 Å². The number of guanidine groups is 1. The predicted molar refractivity (Wildman–Crippen MR) is 105 cm³/mol. The number of hydrogen-bond donors (Lipinski definition) is 5. The van der Waals surface area contributed by atoms with Crippen LogP contribution in [0.15, 0.2) is 35.3 Å². The van der Waals surface area contributed by atoms with E-state index < -0.39 is 35.7 Å².